The van der Waals surface area contributed by atoms with Gasteiger partial charge in [-0.15, -0.1) is 0 Å². The van der Waals surface area contributed by atoms with Crippen molar-refractivity contribution < 1.29 is 5.48 Å². The molecule has 134 valence electrons. The van der Waals surface area contributed by atoms with Gasteiger partial charge in [-0.1, -0.05) is 78.3 Å². The van der Waals surface area contributed by atoms with Crippen molar-refractivity contribution in [1.29, 1.82) is 0 Å². The zero-order chi connectivity index (χ0) is 17.8. The summed E-state index contributed by atoms with van der Waals surface area (Å²) >= 11 is 6.79. The van der Waals surface area contributed by atoms with Crippen LogP contribution in [-0.2, 0) is 0 Å². The largest absolute Gasteiger partial charge is 0.870 e. The maximum absolute atomic E-state index is 6.79. The van der Waals surface area contributed by atoms with Crippen molar-refractivity contribution in [3.05, 3.63) is 120 Å². The second kappa shape index (κ2) is 8.50. The van der Waals surface area contributed by atoms with Crippen LogP contribution in [-0.4, -0.2) is 5.48 Å². The molecule has 4 aromatic rings. The molecular formula is C24H20ClOP. The minimum Gasteiger partial charge on any atom is -0.870 e. The van der Waals surface area contributed by atoms with E-state index < -0.39 is 7.26 Å². The first-order valence-corrected chi connectivity index (χ1v) is 10.8. The minimum absolute atomic E-state index is 0. The summed E-state index contributed by atoms with van der Waals surface area (Å²) < 4.78 is 0. The average Bonchev–Trinajstić information content (AvgIpc) is 2.72. The third-order valence-corrected chi connectivity index (χ3v) is 9.44. The minimum atomic E-state index is -2.08. The normalized spacial score (nSPS) is 10.9. The van der Waals surface area contributed by atoms with Gasteiger partial charge in [-0.3, -0.25) is 0 Å². The van der Waals surface area contributed by atoms with Gasteiger partial charge in [0.15, 0.2) is 0 Å². The molecule has 0 bridgehead atoms. The van der Waals surface area contributed by atoms with E-state index in [2.05, 4.69) is 103 Å². The SMILES string of the molecule is Clc1ccccc1[P+](c1ccccc1)(c1ccccc1)c1ccccc1.[OH-]. The highest BCUT2D eigenvalue weighted by Gasteiger charge is 2.48. The molecule has 0 fully saturated rings. The van der Waals surface area contributed by atoms with Gasteiger partial charge in [-0.2, -0.15) is 0 Å². The Hall–Kier alpha value is -2.44. The highest BCUT2D eigenvalue weighted by Crippen LogP contribution is 2.55. The van der Waals surface area contributed by atoms with E-state index in [1.165, 1.54) is 21.2 Å². The van der Waals surface area contributed by atoms with Gasteiger partial charge in [0.2, 0.25) is 0 Å². The second-order valence-electron chi connectivity index (χ2n) is 6.13. The van der Waals surface area contributed by atoms with Gasteiger partial charge < -0.3 is 5.48 Å². The van der Waals surface area contributed by atoms with E-state index in [0.29, 0.717) is 0 Å². The number of rotatable bonds is 4. The molecule has 0 aliphatic carbocycles. The van der Waals surface area contributed by atoms with Crippen molar-refractivity contribution in [2.75, 3.05) is 0 Å². The fourth-order valence-corrected chi connectivity index (χ4v) is 8.35. The molecule has 4 rings (SSSR count). The maximum atomic E-state index is 6.79. The standard InChI is InChI=1S/C24H19ClP.H2O/c25-23-18-10-11-19-24(23)26(20-12-4-1-5-13-20,21-14-6-2-7-15-21)22-16-8-3-9-17-22;/h1-19H;1H2/q+1;/p-1. The lowest BCUT2D eigenvalue weighted by atomic mass is 10.3. The van der Waals surface area contributed by atoms with E-state index in [0.717, 1.165) is 5.02 Å². The molecule has 27 heavy (non-hydrogen) atoms. The van der Waals surface area contributed by atoms with Gasteiger partial charge in [0, 0.05) is 0 Å². The number of hydrogen-bond acceptors (Lipinski definition) is 1. The predicted molar refractivity (Wildman–Crippen MR) is 118 cm³/mol. The quantitative estimate of drug-likeness (QED) is 0.461. The van der Waals surface area contributed by atoms with E-state index in [-0.39, 0.29) is 5.48 Å². The highest BCUT2D eigenvalue weighted by molar-refractivity contribution is 8.01. The number of halogens is 1. The van der Waals surface area contributed by atoms with Gasteiger partial charge in [-0.05, 0) is 48.5 Å². The van der Waals surface area contributed by atoms with Crippen molar-refractivity contribution in [1.82, 2.24) is 0 Å². The summed E-state index contributed by atoms with van der Waals surface area (Å²) in [6.45, 7) is 0. The summed E-state index contributed by atoms with van der Waals surface area (Å²) in [5.74, 6) is 0. The molecule has 1 nitrogen and oxygen atoms in total. The Kier molecular flexibility index (Phi) is 6.08. The van der Waals surface area contributed by atoms with Crippen molar-refractivity contribution in [2.45, 2.75) is 0 Å². The fraction of sp³-hybridized carbons (Fsp3) is 0. The van der Waals surface area contributed by atoms with Gasteiger partial charge >= 0.3 is 0 Å². The molecule has 0 aliphatic rings. The van der Waals surface area contributed by atoms with Gasteiger partial charge in [0.05, 0.1) is 5.02 Å². The third kappa shape index (κ3) is 3.42. The summed E-state index contributed by atoms with van der Waals surface area (Å²) in [7, 11) is -2.08. The number of benzene rings is 4. The Morgan fingerprint density at radius 2 is 0.778 bits per heavy atom. The monoisotopic (exact) mass is 390 g/mol. The van der Waals surface area contributed by atoms with Gasteiger partial charge in [-0.25, -0.2) is 0 Å². The Balaban J connectivity index is 0.00000210. The van der Waals surface area contributed by atoms with Gasteiger partial charge in [0.25, 0.3) is 0 Å². The molecule has 3 heteroatoms. The second-order valence-corrected chi connectivity index (χ2v) is 9.91. The average molecular weight is 391 g/mol. The highest BCUT2D eigenvalue weighted by atomic mass is 35.5. The molecule has 0 saturated heterocycles. The van der Waals surface area contributed by atoms with Crippen LogP contribution < -0.4 is 21.2 Å². The van der Waals surface area contributed by atoms with Gasteiger partial charge in [0.1, 0.15) is 28.5 Å². The van der Waals surface area contributed by atoms with Crippen LogP contribution in [0.4, 0.5) is 0 Å². The van der Waals surface area contributed by atoms with Crippen molar-refractivity contribution in [3.8, 4) is 0 Å². The van der Waals surface area contributed by atoms with Crippen LogP contribution in [0, 0.1) is 0 Å². The van der Waals surface area contributed by atoms with Crippen molar-refractivity contribution >= 4 is 40.1 Å². The first-order valence-electron chi connectivity index (χ1n) is 8.64. The topological polar surface area (TPSA) is 30.0 Å². The molecule has 0 aliphatic heterocycles. The lowest BCUT2D eigenvalue weighted by molar-refractivity contribution is 0.824. The lowest BCUT2D eigenvalue weighted by Crippen LogP contribution is -2.39. The smallest absolute Gasteiger partial charge is 0.145 e. The van der Waals surface area contributed by atoms with Crippen LogP contribution in [0.25, 0.3) is 0 Å². The Bertz CT molecular complexity index is 892. The van der Waals surface area contributed by atoms with Crippen LogP contribution in [0.1, 0.15) is 0 Å². The maximum Gasteiger partial charge on any atom is 0.145 e. The van der Waals surface area contributed by atoms with Crippen LogP contribution in [0.5, 0.6) is 0 Å². The number of hydrogen-bond donors (Lipinski definition) is 0. The summed E-state index contributed by atoms with van der Waals surface area (Å²) in [6.07, 6.45) is 0. The summed E-state index contributed by atoms with van der Waals surface area (Å²) in [6, 6.07) is 40.6. The van der Waals surface area contributed by atoms with E-state index in [4.69, 9.17) is 11.6 Å². The molecule has 0 amide bonds. The molecule has 0 aromatic heterocycles. The molecule has 0 unspecified atom stereocenters. The van der Waals surface area contributed by atoms with Crippen LogP contribution >= 0.6 is 18.9 Å². The molecule has 0 heterocycles. The summed E-state index contributed by atoms with van der Waals surface area (Å²) in [5.41, 5.74) is 0. The van der Waals surface area contributed by atoms with E-state index in [1.54, 1.807) is 0 Å². The molecule has 1 N–H and O–H groups in total. The first-order chi connectivity index (χ1) is 12.8. The lowest BCUT2D eigenvalue weighted by Gasteiger charge is -2.28. The van der Waals surface area contributed by atoms with E-state index in [9.17, 15) is 0 Å². The molecule has 0 radical (unpaired) electrons. The zero-order valence-electron chi connectivity index (χ0n) is 14.7. The van der Waals surface area contributed by atoms with Crippen LogP contribution in [0.3, 0.4) is 0 Å². The third-order valence-electron chi connectivity index (χ3n) is 4.64. The van der Waals surface area contributed by atoms with Crippen LogP contribution in [0.2, 0.25) is 5.02 Å². The molecule has 0 saturated carbocycles. The molecule has 0 atom stereocenters. The first kappa shape index (κ1) is 19.3. The molecule has 4 aromatic carbocycles. The summed E-state index contributed by atoms with van der Waals surface area (Å²) in [4.78, 5) is 0. The fourth-order valence-electron chi connectivity index (χ4n) is 3.54. The molecule has 0 spiro atoms. The molecular weight excluding hydrogens is 371 g/mol. The Labute approximate surface area is 165 Å². The Morgan fingerprint density at radius 1 is 0.444 bits per heavy atom. The zero-order valence-corrected chi connectivity index (χ0v) is 16.4. The Morgan fingerprint density at radius 3 is 1.15 bits per heavy atom. The van der Waals surface area contributed by atoms with Crippen LogP contribution in [0.15, 0.2) is 115 Å². The summed E-state index contributed by atoms with van der Waals surface area (Å²) in [5, 5.41) is 5.95. The predicted octanol–water partition coefficient (Wildman–Crippen LogP) is 4.78. The van der Waals surface area contributed by atoms with Crippen molar-refractivity contribution in [3.63, 3.8) is 0 Å². The van der Waals surface area contributed by atoms with Crippen molar-refractivity contribution in [2.24, 2.45) is 0 Å². The van der Waals surface area contributed by atoms with E-state index in [1.807, 2.05) is 12.1 Å². The van der Waals surface area contributed by atoms with E-state index >= 15 is 0 Å².